The molecule has 0 aromatic heterocycles. The highest BCUT2D eigenvalue weighted by molar-refractivity contribution is 8.00. The summed E-state index contributed by atoms with van der Waals surface area (Å²) in [5, 5.41) is 9.28. The van der Waals surface area contributed by atoms with Gasteiger partial charge in [-0.3, -0.25) is 4.79 Å². The predicted octanol–water partition coefficient (Wildman–Crippen LogP) is 3.11. The van der Waals surface area contributed by atoms with Crippen LogP contribution in [0.2, 0.25) is 0 Å². The minimum absolute atomic E-state index is 0.0203. The molecule has 1 aliphatic heterocycles. The summed E-state index contributed by atoms with van der Waals surface area (Å²) < 4.78 is 0. The van der Waals surface area contributed by atoms with Gasteiger partial charge in [-0.15, -0.1) is 11.8 Å². The van der Waals surface area contributed by atoms with Crippen molar-refractivity contribution in [2.45, 2.75) is 70.2 Å². The first-order chi connectivity index (χ1) is 9.11. The molecule has 0 radical (unpaired) electrons. The topological polar surface area (TPSA) is 57.6 Å². The van der Waals surface area contributed by atoms with Crippen molar-refractivity contribution < 1.29 is 14.7 Å². The number of aliphatic carboxylic acids is 1. The summed E-state index contributed by atoms with van der Waals surface area (Å²) >= 11 is 1.61. The molecule has 1 heterocycles. The smallest absolute Gasteiger partial charge is 0.327 e. The average molecular weight is 287 g/mol. The Morgan fingerprint density at radius 1 is 1.21 bits per heavy atom. The molecule has 1 fully saturated rings. The zero-order chi connectivity index (χ0) is 14.3. The molecule has 5 heteroatoms. The molecule has 110 valence electrons. The monoisotopic (exact) mass is 287 g/mol. The van der Waals surface area contributed by atoms with E-state index in [-0.39, 0.29) is 11.3 Å². The zero-order valence-corrected chi connectivity index (χ0v) is 12.7. The van der Waals surface area contributed by atoms with Gasteiger partial charge in [0.2, 0.25) is 5.91 Å². The van der Waals surface area contributed by atoms with Crippen LogP contribution in [0.1, 0.15) is 58.8 Å². The van der Waals surface area contributed by atoms with Gasteiger partial charge < -0.3 is 10.0 Å². The quantitative estimate of drug-likeness (QED) is 0.697. The van der Waals surface area contributed by atoms with Crippen LogP contribution in [0.4, 0.5) is 0 Å². The van der Waals surface area contributed by atoms with E-state index in [1.54, 1.807) is 16.7 Å². The van der Waals surface area contributed by atoms with Crippen molar-refractivity contribution in [2.24, 2.45) is 0 Å². The van der Waals surface area contributed by atoms with E-state index in [0.29, 0.717) is 12.2 Å². The third kappa shape index (κ3) is 4.71. The number of carbonyl (C=O) groups is 2. The van der Waals surface area contributed by atoms with Crippen molar-refractivity contribution in [3.63, 3.8) is 0 Å². The first kappa shape index (κ1) is 16.3. The van der Waals surface area contributed by atoms with Gasteiger partial charge in [0.25, 0.3) is 0 Å². The van der Waals surface area contributed by atoms with Gasteiger partial charge in [0, 0.05) is 12.2 Å². The second kappa shape index (κ2) is 8.46. The summed E-state index contributed by atoms with van der Waals surface area (Å²) in [5.41, 5.74) is 0. The maximum absolute atomic E-state index is 12.3. The number of thioether (sulfide) groups is 1. The van der Waals surface area contributed by atoms with E-state index in [1.807, 2.05) is 0 Å². The van der Waals surface area contributed by atoms with Crippen LogP contribution in [0.5, 0.6) is 0 Å². The van der Waals surface area contributed by atoms with E-state index in [0.717, 1.165) is 38.5 Å². The van der Waals surface area contributed by atoms with Crippen LogP contribution in [-0.4, -0.2) is 39.1 Å². The molecule has 1 amide bonds. The molecule has 1 N–H and O–H groups in total. The number of carboxylic acid groups (broad SMARTS) is 1. The molecule has 4 nitrogen and oxygen atoms in total. The molecule has 0 aliphatic carbocycles. The molecule has 2 atom stereocenters. The fraction of sp³-hybridized carbons (Fsp3) is 0.857. The molecule has 0 aromatic carbocycles. The molecule has 1 aliphatic rings. The van der Waals surface area contributed by atoms with Crippen LogP contribution in [0.3, 0.4) is 0 Å². The molecule has 0 aromatic rings. The lowest BCUT2D eigenvalue weighted by Gasteiger charge is -2.27. The minimum Gasteiger partial charge on any atom is -0.480 e. The fourth-order valence-electron chi connectivity index (χ4n) is 2.39. The molecular formula is C14H25NO3S. The van der Waals surface area contributed by atoms with Gasteiger partial charge in [-0.2, -0.15) is 0 Å². The lowest BCUT2D eigenvalue weighted by atomic mass is 10.1. The standard InChI is InChI=1S/C14H25NO3S/c1-3-5-6-7-9-12(16)15-11(14(17)18)10-19-13(15)8-4-2/h11,13H,3-10H2,1-2H3,(H,17,18). The number of hydrogen-bond acceptors (Lipinski definition) is 3. The van der Waals surface area contributed by atoms with Gasteiger partial charge in [0.15, 0.2) is 0 Å². The van der Waals surface area contributed by atoms with Crippen LogP contribution in [0, 0.1) is 0 Å². The second-order valence-corrected chi connectivity index (χ2v) is 6.25. The Hall–Kier alpha value is -0.710. The number of unbranched alkanes of at least 4 members (excludes halogenated alkanes) is 3. The van der Waals surface area contributed by atoms with Crippen LogP contribution in [-0.2, 0) is 9.59 Å². The lowest BCUT2D eigenvalue weighted by Crippen LogP contribution is -2.45. The zero-order valence-electron chi connectivity index (χ0n) is 11.9. The Kier molecular flexibility index (Phi) is 7.28. The van der Waals surface area contributed by atoms with Gasteiger partial charge in [-0.05, 0) is 12.8 Å². The van der Waals surface area contributed by atoms with E-state index in [2.05, 4.69) is 13.8 Å². The molecule has 0 spiro atoms. The van der Waals surface area contributed by atoms with Crippen LogP contribution in [0.15, 0.2) is 0 Å². The van der Waals surface area contributed by atoms with Crippen molar-refractivity contribution in [1.82, 2.24) is 4.90 Å². The summed E-state index contributed by atoms with van der Waals surface area (Å²) in [5.74, 6) is -0.319. The summed E-state index contributed by atoms with van der Waals surface area (Å²) in [6.45, 7) is 4.20. The third-order valence-corrected chi connectivity index (χ3v) is 4.80. The molecule has 0 saturated carbocycles. The predicted molar refractivity (Wildman–Crippen MR) is 78.2 cm³/mol. The maximum atomic E-state index is 12.3. The number of hydrogen-bond donors (Lipinski definition) is 1. The number of carbonyl (C=O) groups excluding carboxylic acids is 1. The third-order valence-electron chi connectivity index (χ3n) is 3.45. The Morgan fingerprint density at radius 3 is 2.53 bits per heavy atom. The summed E-state index contributed by atoms with van der Waals surface area (Å²) in [7, 11) is 0. The van der Waals surface area contributed by atoms with Crippen molar-refractivity contribution in [3.05, 3.63) is 0 Å². The molecular weight excluding hydrogens is 262 g/mol. The highest BCUT2D eigenvalue weighted by Gasteiger charge is 2.40. The Balaban J connectivity index is 2.56. The number of rotatable bonds is 8. The molecule has 1 saturated heterocycles. The summed E-state index contributed by atoms with van der Waals surface area (Å²) in [4.78, 5) is 25.1. The minimum atomic E-state index is -0.868. The lowest BCUT2D eigenvalue weighted by molar-refractivity contribution is -0.149. The van der Waals surface area contributed by atoms with E-state index in [1.165, 1.54) is 0 Å². The molecule has 0 bridgehead atoms. The Morgan fingerprint density at radius 2 is 1.95 bits per heavy atom. The Labute approximate surface area is 119 Å². The van der Waals surface area contributed by atoms with Crippen LogP contribution >= 0.6 is 11.8 Å². The van der Waals surface area contributed by atoms with Crippen LogP contribution < -0.4 is 0 Å². The van der Waals surface area contributed by atoms with Gasteiger partial charge in [0.05, 0.1) is 5.37 Å². The first-order valence-corrected chi connectivity index (χ1v) is 8.32. The van der Waals surface area contributed by atoms with E-state index in [4.69, 9.17) is 0 Å². The normalized spacial score (nSPS) is 22.7. The van der Waals surface area contributed by atoms with Gasteiger partial charge in [-0.1, -0.05) is 39.5 Å². The van der Waals surface area contributed by atoms with Crippen molar-refractivity contribution in [3.8, 4) is 0 Å². The van der Waals surface area contributed by atoms with E-state index >= 15 is 0 Å². The summed E-state index contributed by atoms with van der Waals surface area (Å²) in [6.07, 6.45) is 6.56. The Bertz CT molecular complexity index is 309. The van der Waals surface area contributed by atoms with E-state index < -0.39 is 12.0 Å². The van der Waals surface area contributed by atoms with Gasteiger partial charge >= 0.3 is 5.97 Å². The second-order valence-electron chi connectivity index (χ2n) is 5.04. The number of amides is 1. The van der Waals surface area contributed by atoms with E-state index in [9.17, 15) is 14.7 Å². The van der Waals surface area contributed by atoms with Gasteiger partial charge in [0.1, 0.15) is 6.04 Å². The number of carboxylic acids is 1. The van der Waals surface area contributed by atoms with Crippen molar-refractivity contribution >= 4 is 23.6 Å². The summed E-state index contributed by atoms with van der Waals surface area (Å²) in [6, 6.07) is -0.625. The van der Waals surface area contributed by atoms with Crippen LogP contribution in [0.25, 0.3) is 0 Å². The average Bonchev–Trinajstić information content (AvgIpc) is 2.79. The molecule has 2 unspecified atom stereocenters. The molecule has 19 heavy (non-hydrogen) atoms. The number of nitrogens with zero attached hydrogens (tertiary/aromatic N) is 1. The maximum Gasteiger partial charge on any atom is 0.327 e. The fourth-order valence-corrected chi connectivity index (χ4v) is 3.92. The first-order valence-electron chi connectivity index (χ1n) is 7.27. The highest BCUT2D eigenvalue weighted by Crippen LogP contribution is 2.33. The highest BCUT2D eigenvalue weighted by atomic mass is 32.2. The van der Waals surface area contributed by atoms with Crippen molar-refractivity contribution in [2.75, 3.05) is 5.75 Å². The largest absolute Gasteiger partial charge is 0.480 e. The van der Waals surface area contributed by atoms with Crippen molar-refractivity contribution in [1.29, 1.82) is 0 Å². The molecule has 1 rings (SSSR count). The SMILES string of the molecule is CCCCCCC(=O)N1C(CCC)SCC1C(=O)O. The van der Waals surface area contributed by atoms with Gasteiger partial charge in [-0.25, -0.2) is 4.79 Å².